The van der Waals surface area contributed by atoms with Gasteiger partial charge >= 0.3 is 12.3 Å². The number of nitrogens with zero attached hydrogens (tertiary/aromatic N) is 1. The van der Waals surface area contributed by atoms with Crippen molar-refractivity contribution >= 4 is 17.4 Å². The summed E-state index contributed by atoms with van der Waals surface area (Å²) in [6, 6.07) is 3.09. The van der Waals surface area contributed by atoms with Crippen LogP contribution in [-0.2, 0) is 11.3 Å². The van der Waals surface area contributed by atoms with E-state index in [0.29, 0.717) is 5.82 Å². The smallest absolute Gasteiger partial charge is 0.330 e. The molecule has 0 saturated heterocycles. The molecule has 0 saturated carbocycles. The third-order valence-electron chi connectivity index (χ3n) is 2.03. The highest BCUT2D eigenvalue weighted by atomic mass is 35.5. The Balaban J connectivity index is 2.58. The highest BCUT2D eigenvalue weighted by Crippen LogP contribution is 2.24. The van der Waals surface area contributed by atoms with Crippen molar-refractivity contribution in [3.63, 3.8) is 0 Å². The Labute approximate surface area is 106 Å². The van der Waals surface area contributed by atoms with Crippen LogP contribution < -0.4 is 5.32 Å². The summed E-state index contributed by atoms with van der Waals surface area (Å²) in [7, 11) is 1.62. The standard InChI is InChI=1S/C10H11ClF4N2O/c1-16-8-3-2-6(11)7(17-8)4-18-5-10(14,15)9(12)13/h2-3,9H,4-5H2,1H3,(H,16,17). The van der Waals surface area contributed by atoms with Crippen molar-refractivity contribution < 1.29 is 22.3 Å². The van der Waals surface area contributed by atoms with E-state index in [1.165, 1.54) is 6.07 Å². The summed E-state index contributed by atoms with van der Waals surface area (Å²) in [5.74, 6) is -3.70. The molecule has 1 heterocycles. The molecule has 0 fully saturated rings. The van der Waals surface area contributed by atoms with Gasteiger partial charge in [-0.05, 0) is 12.1 Å². The minimum Gasteiger partial charge on any atom is -0.373 e. The minimum absolute atomic E-state index is 0.202. The van der Waals surface area contributed by atoms with Gasteiger partial charge in [-0.2, -0.15) is 8.78 Å². The fourth-order valence-corrected chi connectivity index (χ4v) is 1.23. The lowest BCUT2D eigenvalue weighted by Crippen LogP contribution is -2.32. The van der Waals surface area contributed by atoms with Gasteiger partial charge in [0.05, 0.1) is 17.3 Å². The predicted octanol–water partition coefficient (Wildman–Crippen LogP) is 3.19. The molecule has 0 radical (unpaired) electrons. The largest absolute Gasteiger partial charge is 0.373 e. The zero-order valence-electron chi connectivity index (χ0n) is 9.39. The van der Waals surface area contributed by atoms with Gasteiger partial charge in [-0.1, -0.05) is 11.6 Å². The van der Waals surface area contributed by atoms with Crippen molar-refractivity contribution in [1.29, 1.82) is 0 Å². The molecule has 0 aliphatic heterocycles. The number of aromatic nitrogens is 1. The fourth-order valence-electron chi connectivity index (χ4n) is 1.07. The van der Waals surface area contributed by atoms with E-state index in [-0.39, 0.29) is 17.3 Å². The Kier molecular flexibility index (Phi) is 5.15. The molecule has 102 valence electrons. The first-order chi connectivity index (χ1) is 8.36. The van der Waals surface area contributed by atoms with E-state index in [4.69, 9.17) is 11.6 Å². The first-order valence-electron chi connectivity index (χ1n) is 4.93. The lowest BCUT2D eigenvalue weighted by Gasteiger charge is -2.15. The van der Waals surface area contributed by atoms with E-state index in [0.717, 1.165) is 0 Å². The second-order valence-electron chi connectivity index (χ2n) is 3.43. The number of halogens is 5. The van der Waals surface area contributed by atoms with E-state index in [9.17, 15) is 17.6 Å². The van der Waals surface area contributed by atoms with Crippen molar-refractivity contribution in [2.75, 3.05) is 19.0 Å². The highest BCUT2D eigenvalue weighted by molar-refractivity contribution is 6.31. The Morgan fingerprint density at radius 1 is 1.44 bits per heavy atom. The van der Waals surface area contributed by atoms with Gasteiger partial charge in [-0.25, -0.2) is 13.8 Å². The van der Waals surface area contributed by atoms with E-state index in [1.54, 1.807) is 13.1 Å². The van der Waals surface area contributed by atoms with Crippen LogP contribution in [0.2, 0.25) is 5.02 Å². The van der Waals surface area contributed by atoms with Crippen LogP contribution in [0.1, 0.15) is 5.69 Å². The number of alkyl halides is 4. The number of pyridine rings is 1. The molecule has 0 aromatic carbocycles. The number of rotatable bonds is 6. The maximum absolute atomic E-state index is 12.6. The quantitative estimate of drug-likeness (QED) is 0.816. The van der Waals surface area contributed by atoms with Crippen LogP contribution in [-0.4, -0.2) is 31.0 Å². The monoisotopic (exact) mass is 286 g/mol. The summed E-state index contributed by atoms with van der Waals surface area (Å²) >= 11 is 5.76. The number of hydrogen-bond acceptors (Lipinski definition) is 3. The average Bonchev–Trinajstić information content (AvgIpc) is 2.31. The first kappa shape index (κ1) is 15.0. The van der Waals surface area contributed by atoms with Crippen molar-refractivity contribution in [3.05, 3.63) is 22.8 Å². The molecule has 18 heavy (non-hydrogen) atoms. The van der Waals surface area contributed by atoms with Crippen LogP contribution in [0.15, 0.2) is 12.1 Å². The Bertz CT molecular complexity index is 403. The lowest BCUT2D eigenvalue weighted by atomic mass is 10.3. The number of nitrogens with one attached hydrogen (secondary N) is 1. The molecule has 0 bridgehead atoms. The van der Waals surface area contributed by atoms with Crippen LogP contribution in [0.25, 0.3) is 0 Å². The van der Waals surface area contributed by atoms with Gasteiger partial charge in [0.1, 0.15) is 12.4 Å². The molecule has 0 amide bonds. The molecule has 0 spiro atoms. The van der Waals surface area contributed by atoms with Crippen LogP contribution in [0.3, 0.4) is 0 Å². The molecule has 1 aromatic heterocycles. The van der Waals surface area contributed by atoms with Crippen molar-refractivity contribution in [1.82, 2.24) is 4.98 Å². The minimum atomic E-state index is -4.17. The second-order valence-corrected chi connectivity index (χ2v) is 3.84. The summed E-state index contributed by atoms with van der Waals surface area (Å²) in [5, 5.41) is 2.94. The summed E-state index contributed by atoms with van der Waals surface area (Å²) in [5.41, 5.74) is 0.202. The van der Waals surface area contributed by atoms with E-state index in [2.05, 4.69) is 15.0 Å². The molecule has 1 N–H and O–H groups in total. The highest BCUT2D eigenvalue weighted by Gasteiger charge is 2.40. The molecule has 0 atom stereocenters. The SMILES string of the molecule is CNc1ccc(Cl)c(COCC(F)(F)C(F)F)n1. The summed E-state index contributed by atoms with van der Waals surface area (Å²) in [6.07, 6.45) is -3.76. The van der Waals surface area contributed by atoms with Crippen LogP contribution >= 0.6 is 11.6 Å². The number of ether oxygens (including phenoxy) is 1. The van der Waals surface area contributed by atoms with Gasteiger partial charge in [0.25, 0.3) is 0 Å². The van der Waals surface area contributed by atoms with Crippen LogP contribution in [0.5, 0.6) is 0 Å². The Hall–Kier alpha value is -1.08. The third kappa shape index (κ3) is 3.99. The van der Waals surface area contributed by atoms with Gasteiger partial charge < -0.3 is 10.1 Å². The molecular weight excluding hydrogens is 276 g/mol. The van der Waals surface area contributed by atoms with E-state index in [1.807, 2.05) is 0 Å². The molecule has 1 rings (SSSR count). The average molecular weight is 287 g/mol. The Morgan fingerprint density at radius 2 is 2.11 bits per heavy atom. The molecule has 0 aliphatic rings. The molecular formula is C10H11ClF4N2O. The third-order valence-corrected chi connectivity index (χ3v) is 2.37. The molecule has 0 unspecified atom stereocenters. The predicted molar refractivity (Wildman–Crippen MR) is 59.4 cm³/mol. The number of anilines is 1. The van der Waals surface area contributed by atoms with E-state index < -0.39 is 19.0 Å². The fraction of sp³-hybridized carbons (Fsp3) is 0.500. The zero-order valence-corrected chi connectivity index (χ0v) is 10.1. The van der Waals surface area contributed by atoms with Gasteiger partial charge in [0.2, 0.25) is 0 Å². The van der Waals surface area contributed by atoms with Crippen molar-refractivity contribution in [3.8, 4) is 0 Å². The first-order valence-corrected chi connectivity index (χ1v) is 5.31. The van der Waals surface area contributed by atoms with Gasteiger partial charge in [-0.3, -0.25) is 0 Å². The zero-order chi connectivity index (χ0) is 13.8. The molecule has 8 heteroatoms. The molecule has 0 aliphatic carbocycles. The lowest BCUT2D eigenvalue weighted by molar-refractivity contribution is -0.168. The van der Waals surface area contributed by atoms with Crippen LogP contribution in [0, 0.1) is 0 Å². The van der Waals surface area contributed by atoms with Crippen molar-refractivity contribution in [2.45, 2.75) is 19.0 Å². The van der Waals surface area contributed by atoms with Gasteiger partial charge in [0.15, 0.2) is 0 Å². The van der Waals surface area contributed by atoms with Gasteiger partial charge in [-0.15, -0.1) is 0 Å². The Morgan fingerprint density at radius 3 is 2.67 bits per heavy atom. The normalized spacial score (nSPS) is 11.9. The summed E-state index contributed by atoms with van der Waals surface area (Å²) < 4.78 is 53.3. The topological polar surface area (TPSA) is 34.1 Å². The van der Waals surface area contributed by atoms with E-state index >= 15 is 0 Å². The molecule has 3 nitrogen and oxygen atoms in total. The van der Waals surface area contributed by atoms with Gasteiger partial charge in [0, 0.05) is 7.05 Å². The second kappa shape index (κ2) is 6.19. The number of hydrogen-bond donors (Lipinski definition) is 1. The summed E-state index contributed by atoms with van der Waals surface area (Å²) in [6.45, 7) is -1.75. The maximum Gasteiger partial charge on any atom is 0.330 e. The maximum atomic E-state index is 12.6. The van der Waals surface area contributed by atoms with Crippen molar-refractivity contribution in [2.24, 2.45) is 0 Å². The molecule has 1 aromatic rings. The van der Waals surface area contributed by atoms with Crippen LogP contribution in [0.4, 0.5) is 23.4 Å². The summed E-state index contributed by atoms with van der Waals surface area (Å²) in [4.78, 5) is 3.95.